The Morgan fingerprint density at radius 3 is 1.85 bits per heavy atom. The number of hydrogen-bond acceptors (Lipinski definition) is 3. The molecule has 0 rings (SSSR count). The molecule has 0 bridgehead atoms. The Balaban J connectivity index is 0. The van der Waals surface area contributed by atoms with Gasteiger partial charge in [-0.3, -0.25) is 9.59 Å². The molecule has 13 heavy (non-hydrogen) atoms. The van der Waals surface area contributed by atoms with Gasteiger partial charge in [-0.15, -0.1) is 12.4 Å². The van der Waals surface area contributed by atoms with Gasteiger partial charge in [-0.05, 0) is 34.6 Å². The molecule has 0 heterocycles. The zero-order valence-electron chi connectivity index (χ0n) is 8.71. The third kappa shape index (κ3) is 4.27. The van der Waals surface area contributed by atoms with E-state index in [0.29, 0.717) is 0 Å². The average molecular weight is 209 g/mol. The predicted octanol–water partition coefficient (Wildman–Crippen LogP) is 1.98. The molecular weight excluding hydrogens is 192 g/mol. The molecule has 0 aromatic carbocycles. The second kappa shape index (κ2) is 5.22. The predicted molar refractivity (Wildman–Crippen MR) is 52.9 cm³/mol. The molecule has 0 N–H and O–H groups in total. The smallest absolute Gasteiger partial charge is 0.319 e. The van der Waals surface area contributed by atoms with Crippen molar-refractivity contribution in [1.29, 1.82) is 0 Å². The molecule has 78 valence electrons. The lowest BCUT2D eigenvalue weighted by atomic mass is 9.89. The molecule has 0 fully saturated rings. The number of ether oxygens (including phenoxy) is 1. The zero-order chi connectivity index (χ0) is 9.94. The summed E-state index contributed by atoms with van der Waals surface area (Å²) in [5.74, 6) is -0.627. The van der Waals surface area contributed by atoms with Crippen LogP contribution in [-0.2, 0) is 14.3 Å². The first kappa shape index (κ1) is 14.9. The average Bonchev–Trinajstić information content (AvgIpc) is 1.85. The number of rotatable bonds is 3. The van der Waals surface area contributed by atoms with Crippen LogP contribution >= 0.6 is 12.4 Å². The number of esters is 1. The molecule has 0 aromatic heterocycles. The maximum absolute atomic E-state index is 11.3. The van der Waals surface area contributed by atoms with E-state index in [1.165, 1.54) is 6.92 Å². The van der Waals surface area contributed by atoms with Crippen molar-refractivity contribution < 1.29 is 14.3 Å². The Bertz CT molecular complexity index is 197. The van der Waals surface area contributed by atoms with Gasteiger partial charge in [-0.2, -0.15) is 0 Å². The second-order valence-corrected chi connectivity index (χ2v) is 3.64. The molecule has 3 nitrogen and oxygen atoms in total. The van der Waals surface area contributed by atoms with Crippen LogP contribution in [0.3, 0.4) is 0 Å². The van der Waals surface area contributed by atoms with Crippen LogP contribution in [0.4, 0.5) is 0 Å². The van der Waals surface area contributed by atoms with E-state index in [4.69, 9.17) is 4.74 Å². The Morgan fingerprint density at radius 2 is 1.62 bits per heavy atom. The van der Waals surface area contributed by atoms with Crippen molar-refractivity contribution in [2.45, 2.75) is 40.7 Å². The first-order valence-electron chi connectivity index (χ1n) is 4.00. The van der Waals surface area contributed by atoms with Crippen LogP contribution in [0.1, 0.15) is 34.6 Å². The van der Waals surface area contributed by atoms with Crippen LogP contribution in [-0.4, -0.2) is 17.9 Å². The maximum Gasteiger partial charge on any atom is 0.319 e. The summed E-state index contributed by atoms with van der Waals surface area (Å²) in [5, 5.41) is 0. The Kier molecular flexibility index (Phi) is 6.00. The van der Waals surface area contributed by atoms with Gasteiger partial charge < -0.3 is 4.74 Å². The van der Waals surface area contributed by atoms with Gasteiger partial charge in [0.1, 0.15) is 11.2 Å². The molecule has 0 radical (unpaired) electrons. The first-order chi connectivity index (χ1) is 5.28. The van der Waals surface area contributed by atoms with Crippen LogP contribution in [0.2, 0.25) is 0 Å². The van der Waals surface area contributed by atoms with Gasteiger partial charge >= 0.3 is 5.97 Å². The standard InChI is InChI=1S/C9H16O3.ClH/c1-6(2)12-8(11)9(4,5)7(3)10;/h6H,1-5H3;1H. The van der Waals surface area contributed by atoms with Gasteiger partial charge in [0.15, 0.2) is 0 Å². The van der Waals surface area contributed by atoms with Gasteiger partial charge in [0.25, 0.3) is 0 Å². The van der Waals surface area contributed by atoms with Crippen molar-refractivity contribution in [3.05, 3.63) is 0 Å². The number of carbonyl (C=O) groups excluding carboxylic acids is 2. The fourth-order valence-electron chi connectivity index (χ4n) is 0.505. The minimum Gasteiger partial charge on any atom is -0.462 e. The van der Waals surface area contributed by atoms with E-state index in [-0.39, 0.29) is 24.3 Å². The minimum atomic E-state index is -1.01. The number of halogens is 1. The lowest BCUT2D eigenvalue weighted by Crippen LogP contribution is -2.34. The Labute approximate surface area is 85.2 Å². The fraction of sp³-hybridized carbons (Fsp3) is 0.778. The van der Waals surface area contributed by atoms with Crippen molar-refractivity contribution in [1.82, 2.24) is 0 Å². The van der Waals surface area contributed by atoms with Crippen molar-refractivity contribution >= 4 is 24.2 Å². The van der Waals surface area contributed by atoms with Gasteiger partial charge in [0, 0.05) is 0 Å². The molecule has 0 saturated heterocycles. The second-order valence-electron chi connectivity index (χ2n) is 3.64. The number of ketones is 1. The molecule has 0 amide bonds. The molecule has 0 aliphatic heterocycles. The maximum atomic E-state index is 11.3. The highest BCUT2D eigenvalue weighted by atomic mass is 35.5. The summed E-state index contributed by atoms with van der Waals surface area (Å²) in [6.45, 7) is 8.05. The third-order valence-corrected chi connectivity index (χ3v) is 1.73. The topological polar surface area (TPSA) is 43.4 Å². The number of carbonyl (C=O) groups is 2. The lowest BCUT2D eigenvalue weighted by molar-refractivity contribution is -0.161. The van der Waals surface area contributed by atoms with Gasteiger partial charge in [-0.1, -0.05) is 0 Å². The highest BCUT2D eigenvalue weighted by Crippen LogP contribution is 2.19. The van der Waals surface area contributed by atoms with Crippen LogP contribution in [0.5, 0.6) is 0 Å². The van der Waals surface area contributed by atoms with Crippen LogP contribution < -0.4 is 0 Å². The third-order valence-electron chi connectivity index (χ3n) is 1.73. The van der Waals surface area contributed by atoms with Gasteiger partial charge in [-0.25, -0.2) is 0 Å². The Morgan fingerprint density at radius 1 is 1.23 bits per heavy atom. The zero-order valence-corrected chi connectivity index (χ0v) is 9.53. The number of Topliss-reactive ketones (excluding diaryl/α,β-unsaturated/α-hetero) is 1. The molecule has 0 spiro atoms. The largest absolute Gasteiger partial charge is 0.462 e. The Hall–Kier alpha value is -0.570. The molecule has 4 heteroatoms. The monoisotopic (exact) mass is 208 g/mol. The lowest BCUT2D eigenvalue weighted by Gasteiger charge is -2.20. The summed E-state index contributed by atoms with van der Waals surface area (Å²) in [6, 6.07) is 0. The summed E-state index contributed by atoms with van der Waals surface area (Å²) in [6.07, 6.45) is -0.170. The molecule has 0 atom stereocenters. The van der Waals surface area contributed by atoms with Crippen molar-refractivity contribution in [2.24, 2.45) is 5.41 Å². The summed E-state index contributed by atoms with van der Waals surface area (Å²) in [5.41, 5.74) is -1.01. The quantitative estimate of drug-likeness (QED) is 0.526. The van der Waals surface area contributed by atoms with E-state index in [0.717, 1.165) is 0 Å². The van der Waals surface area contributed by atoms with E-state index in [2.05, 4.69) is 0 Å². The first-order valence-corrected chi connectivity index (χ1v) is 4.00. The molecule has 0 aliphatic rings. The van der Waals surface area contributed by atoms with Crippen molar-refractivity contribution in [2.75, 3.05) is 0 Å². The van der Waals surface area contributed by atoms with Crippen LogP contribution in [0.15, 0.2) is 0 Å². The van der Waals surface area contributed by atoms with E-state index in [1.54, 1.807) is 27.7 Å². The van der Waals surface area contributed by atoms with Crippen molar-refractivity contribution in [3.8, 4) is 0 Å². The van der Waals surface area contributed by atoms with Gasteiger partial charge in [0.05, 0.1) is 6.10 Å². The molecule has 0 unspecified atom stereocenters. The highest BCUT2D eigenvalue weighted by molar-refractivity contribution is 6.01. The molecule has 0 saturated carbocycles. The summed E-state index contributed by atoms with van der Waals surface area (Å²) >= 11 is 0. The highest BCUT2D eigenvalue weighted by Gasteiger charge is 2.34. The van der Waals surface area contributed by atoms with E-state index >= 15 is 0 Å². The van der Waals surface area contributed by atoms with Gasteiger partial charge in [0.2, 0.25) is 0 Å². The molecule has 0 aromatic rings. The normalized spacial score (nSPS) is 10.6. The molecular formula is C9H17ClO3. The SMILES string of the molecule is CC(=O)C(C)(C)C(=O)OC(C)C.Cl. The summed E-state index contributed by atoms with van der Waals surface area (Å²) in [7, 11) is 0. The fourth-order valence-corrected chi connectivity index (χ4v) is 0.505. The van der Waals surface area contributed by atoms with E-state index < -0.39 is 11.4 Å². The van der Waals surface area contributed by atoms with E-state index in [1.807, 2.05) is 0 Å². The number of hydrogen-bond donors (Lipinski definition) is 0. The van der Waals surface area contributed by atoms with Crippen molar-refractivity contribution in [3.63, 3.8) is 0 Å². The van der Waals surface area contributed by atoms with Crippen LogP contribution in [0, 0.1) is 5.41 Å². The van der Waals surface area contributed by atoms with E-state index in [9.17, 15) is 9.59 Å². The summed E-state index contributed by atoms with van der Waals surface area (Å²) < 4.78 is 4.92. The minimum absolute atomic E-state index is 0. The molecule has 0 aliphatic carbocycles. The van der Waals surface area contributed by atoms with Crippen LogP contribution in [0.25, 0.3) is 0 Å². The summed E-state index contributed by atoms with van der Waals surface area (Å²) in [4.78, 5) is 22.3.